The summed E-state index contributed by atoms with van der Waals surface area (Å²) in [4.78, 5) is 4.86. The van der Waals surface area contributed by atoms with Crippen LogP contribution in [0.15, 0.2) is 57.8 Å². The summed E-state index contributed by atoms with van der Waals surface area (Å²) in [6, 6.07) is 12.4. The fourth-order valence-electron chi connectivity index (χ4n) is 3.73. The molecule has 10 heteroatoms. The smallest absolute Gasteiger partial charge is 0.243 e. The average Bonchev–Trinajstić information content (AvgIpc) is 3.33. The summed E-state index contributed by atoms with van der Waals surface area (Å²) in [6.07, 6.45) is 3.43. The molecule has 1 fully saturated rings. The Labute approximate surface area is 204 Å². The van der Waals surface area contributed by atoms with Gasteiger partial charge < -0.3 is 9.47 Å². The van der Waals surface area contributed by atoms with Gasteiger partial charge in [0, 0.05) is 35.7 Å². The van der Waals surface area contributed by atoms with E-state index in [2.05, 4.69) is 22.4 Å². The van der Waals surface area contributed by atoms with E-state index in [0.717, 1.165) is 24.0 Å². The molecule has 2 aromatic carbocycles. The zero-order chi connectivity index (χ0) is 24.1. The highest BCUT2D eigenvalue weighted by molar-refractivity contribution is 7.89. The van der Waals surface area contributed by atoms with Crippen molar-refractivity contribution in [2.24, 2.45) is 11.0 Å². The van der Waals surface area contributed by atoms with E-state index in [4.69, 9.17) is 9.47 Å². The quantitative estimate of drug-likeness (QED) is 0.356. The van der Waals surface area contributed by atoms with Crippen LogP contribution < -0.4 is 14.9 Å². The van der Waals surface area contributed by atoms with Crippen LogP contribution in [0.25, 0.3) is 11.3 Å². The van der Waals surface area contributed by atoms with Crippen LogP contribution in [0, 0.1) is 5.92 Å². The lowest BCUT2D eigenvalue weighted by Gasteiger charge is -2.29. The molecule has 0 atom stereocenters. The van der Waals surface area contributed by atoms with Gasteiger partial charge in [0.05, 0.1) is 31.0 Å². The number of hydrogen-bond acceptors (Lipinski definition) is 8. The predicted molar refractivity (Wildman–Crippen MR) is 135 cm³/mol. The van der Waals surface area contributed by atoms with E-state index in [1.54, 1.807) is 49.0 Å². The van der Waals surface area contributed by atoms with Crippen molar-refractivity contribution in [3.05, 3.63) is 53.4 Å². The second kappa shape index (κ2) is 10.5. The molecular formula is C24H28N4O4S2. The molecule has 8 nitrogen and oxygen atoms in total. The maximum Gasteiger partial charge on any atom is 0.243 e. The second-order valence-electron chi connectivity index (χ2n) is 8.13. The fraction of sp³-hybridized carbons (Fsp3) is 0.333. The summed E-state index contributed by atoms with van der Waals surface area (Å²) in [6.45, 7) is 3.29. The molecule has 180 valence electrons. The third-order valence-electron chi connectivity index (χ3n) is 5.82. The molecule has 0 radical (unpaired) electrons. The molecule has 4 rings (SSSR count). The number of rotatable bonds is 8. The highest BCUT2D eigenvalue weighted by Gasteiger charge is 2.28. The first-order valence-electron chi connectivity index (χ1n) is 11.0. The summed E-state index contributed by atoms with van der Waals surface area (Å²) in [5.74, 6) is 1.91. The van der Waals surface area contributed by atoms with Gasteiger partial charge in [0.2, 0.25) is 15.2 Å². The van der Waals surface area contributed by atoms with Crippen LogP contribution in [-0.2, 0) is 10.0 Å². The van der Waals surface area contributed by atoms with Crippen LogP contribution in [0.2, 0.25) is 0 Å². The van der Waals surface area contributed by atoms with Crippen molar-refractivity contribution in [3.63, 3.8) is 0 Å². The molecule has 2 heterocycles. The number of aromatic nitrogens is 1. The number of sulfonamides is 1. The predicted octanol–water partition coefficient (Wildman–Crippen LogP) is 4.69. The van der Waals surface area contributed by atoms with Gasteiger partial charge in [-0.1, -0.05) is 19.1 Å². The van der Waals surface area contributed by atoms with Crippen molar-refractivity contribution in [1.29, 1.82) is 0 Å². The zero-order valence-electron chi connectivity index (χ0n) is 19.4. The number of piperidine rings is 1. The van der Waals surface area contributed by atoms with Crippen molar-refractivity contribution in [2.45, 2.75) is 24.7 Å². The van der Waals surface area contributed by atoms with Gasteiger partial charge in [-0.25, -0.2) is 13.4 Å². The monoisotopic (exact) mass is 500 g/mol. The molecule has 3 aromatic rings. The third-order valence-corrected chi connectivity index (χ3v) is 8.46. The van der Waals surface area contributed by atoms with Crippen molar-refractivity contribution >= 4 is 32.7 Å². The second-order valence-corrected chi connectivity index (χ2v) is 10.9. The normalized spacial score (nSPS) is 15.5. The van der Waals surface area contributed by atoms with E-state index in [1.165, 1.54) is 11.3 Å². The van der Waals surface area contributed by atoms with E-state index in [-0.39, 0.29) is 0 Å². The lowest BCUT2D eigenvalue weighted by Crippen LogP contribution is -2.37. The van der Waals surface area contributed by atoms with Gasteiger partial charge in [0.25, 0.3) is 0 Å². The maximum absolute atomic E-state index is 13.1. The van der Waals surface area contributed by atoms with Crippen LogP contribution in [0.1, 0.15) is 25.3 Å². The van der Waals surface area contributed by atoms with E-state index in [1.807, 2.05) is 23.6 Å². The van der Waals surface area contributed by atoms with Crippen LogP contribution in [0.4, 0.5) is 5.13 Å². The van der Waals surface area contributed by atoms with Gasteiger partial charge in [-0.15, -0.1) is 11.3 Å². The Bertz CT molecular complexity index is 1270. The van der Waals surface area contributed by atoms with Crippen molar-refractivity contribution in [3.8, 4) is 22.8 Å². The Hall–Kier alpha value is -2.95. The van der Waals surface area contributed by atoms with Gasteiger partial charge in [0.1, 0.15) is 11.5 Å². The number of thiazole rings is 1. The molecule has 0 bridgehead atoms. The Morgan fingerprint density at radius 1 is 1.15 bits per heavy atom. The first kappa shape index (κ1) is 24.2. The number of methoxy groups -OCH3 is 2. The third kappa shape index (κ3) is 5.40. The number of ether oxygens (including phenoxy) is 2. The number of anilines is 1. The minimum absolute atomic E-state index is 0.298. The molecule has 34 heavy (non-hydrogen) atoms. The highest BCUT2D eigenvalue weighted by Crippen LogP contribution is 2.29. The molecular weight excluding hydrogens is 472 g/mol. The minimum Gasteiger partial charge on any atom is -0.497 e. The van der Waals surface area contributed by atoms with E-state index >= 15 is 0 Å². The molecule has 0 aliphatic carbocycles. The van der Waals surface area contributed by atoms with Crippen LogP contribution in [0.5, 0.6) is 11.5 Å². The molecule has 1 aromatic heterocycles. The number of benzene rings is 2. The molecule has 1 aliphatic rings. The number of hydrogen-bond donors (Lipinski definition) is 1. The van der Waals surface area contributed by atoms with Crippen molar-refractivity contribution in [1.82, 2.24) is 9.29 Å². The first-order valence-corrected chi connectivity index (χ1v) is 13.3. The largest absolute Gasteiger partial charge is 0.497 e. The van der Waals surface area contributed by atoms with E-state index in [9.17, 15) is 8.42 Å². The number of nitrogens with zero attached hydrogens (tertiary/aromatic N) is 3. The average molecular weight is 501 g/mol. The molecule has 0 spiro atoms. The van der Waals surface area contributed by atoms with Gasteiger partial charge >= 0.3 is 0 Å². The zero-order valence-corrected chi connectivity index (χ0v) is 21.0. The Morgan fingerprint density at radius 3 is 2.68 bits per heavy atom. The summed E-state index contributed by atoms with van der Waals surface area (Å²) in [7, 11) is -0.326. The standard InChI is InChI=1S/C24H28N4O4S2/c1-17-9-11-28(12-10-17)34(29,30)21-6-4-5-18(13-21)22-16-33-24(26-22)27-25-15-19-7-8-20(31-2)14-23(19)32-3/h4-8,13-17H,9-12H2,1-3H3,(H,26,27)/b25-15+. The molecule has 1 aliphatic heterocycles. The van der Waals surface area contributed by atoms with Gasteiger partial charge in [-0.3, -0.25) is 5.43 Å². The van der Waals surface area contributed by atoms with Gasteiger partial charge in [0.15, 0.2) is 0 Å². The summed E-state index contributed by atoms with van der Waals surface area (Å²) >= 11 is 1.39. The molecule has 1 saturated heterocycles. The Balaban J connectivity index is 1.47. The van der Waals surface area contributed by atoms with Crippen LogP contribution >= 0.6 is 11.3 Å². The van der Waals surface area contributed by atoms with E-state index in [0.29, 0.717) is 46.2 Å². The first-order chi connectivity index (χ1) is 16.4. The summed E-state index contributed by atoms with van der Waals surface area (Å²) < 4.78 is 38.4. The van der Waals surface area contributed by atoms with Gasteiger partial charge in [-0.2, -0.15) is 9.41 Å². The topological polar surface area (TPSA) is 93.1 Å². The summed E-state index contributed by atoms with van der Waals surface area (Å²) in [5, 5.41) is 6.73. The molecule has 0 saturated carbocycles. The molecule has 0 amide bonds. The lowest BCUT2D eigenvalue weighted by atomic mass is 10.0. The number of nitrogens with one attached hydrogen (secondary N) is 1. The Morgan fingerprint density at radius 2 is 1.94 bits per heavy atom. The van der Waals surface area contributed by atoms with Crippen LogP contribution in [-0.4, -0.2) is 51.2 Å². The fourth-order valence-corrected chi connectivity index (χ4v) is 5.91. The van der Waals surface area contributed by atoms with Crippen molar-refractivity contribution < 1.29 is 17.9 Å². The van der Waals surface area contributed by atoms with Crippen molar-refractivity contribution in [2.75, 3.05) is 32.7 Å². The Kier molecular flexibility index (Phi) is 7.50. The number of hydrazone groups is 1. The van der Waals surface area contributed by atoms with E-state index < -0.39 is 10.0 Å². The minimum atomic E-state index is -3.52. The highest BCUT2D eigenvalue weighted by atomic mass is 32.2. The summed E-state index contributed by atoms with van der Waals surface area (Å²) in [5.41, 5.74) is 5.15. The molecule has 0 unspecified atom stereocenters. The SMILES string of the molecule is COc1ccc(/C=N/Nc2nc(-c3cccc(S(=O)(=O)N4CCC(C)CC4)c3)cs2)c(OC)c1. The maximum atomic E-state index is 13.1. The van der Waals surface area contributed by atoms with Crippen LogP contribution in [0.3, 0.4) is 0 Å². The van der Waals surface area contributed by atoms with Gasteiger partial charge in [-0.05, 0) is 43.0 Å². The molecule has 1 N–H and O–H groups in total. The lowest BCUT2D eigenvalue weighted by molar-refractivity contribution is 0.288.